The van der Waals surface area contributed by atoms with Gasteiger partial charge in [-0.25, -0.2) is 17.9 Å². The highest BCUT2D eigenvalue weighted by molar-refractivity contribution is 7.90. The van der Waals surface area contributed by atoms with Gasteiger partial charge in [-0.1, -0.05) is 37.1 Å². The van der Waals surface area contributed by atoms with Crippen molar-refractivity contribution in [2.24, 2.45) is 5.92 Å². The van der Waals surface area contributed by atoms with Crippen LogP contribution in [-0.2, 0) is 29.1 Å². The summed E-state index contributed by atoms with van der Waals surface area (Å²) in [5, 5.41) is 5.51. The molecule has 4 amide bonds. The second kappa shape index (κ2) is 12.9. The zero-order valence-corrected chi connectivity index (χ0v) is 26.0. The van der Waals surface area contributed by atoms with Crippen LogP contribution in [0.4, 0.5) is 4.79 Å². The fourth-order valence-electron chi connectivity index (χ4n) is 5.65. The van der Waals surface area contributed by atoms with Crippen molar-refractivity contribution in [3.05, 3.63) is 36.4 Å². The van der Waals surface area contributed by atoms with Gasteiger partial charge < -0.3 is 25.0 Å². The van der Waals surface area contributed by atoms with Gasteiger partial charge in [0.25, 0.3) is 15.9 Å². The van der Waals surface area contributed by atoms with E-state index in [9.17, 15) is 27.6 Å². The number of methoxy groups -OCH3 is 1. The molecule has 3 N–H and O–H groups in total. The van der Waals surface area contributed by atoms with E-state index in [0.717, 1.165) is 12.8 Å². The predicted molar refractivity (Wildman–Crippen MR) is 157 cm³/mol. The van der Waals surface area contributed by atoms with Crippen LogP contribution in [0.1, 0.15) is 72.1 Å². The Morgan fingerprint density at radius 2 is 1.81 bits per heavy atom. The third-order valence-electron chi connectivity index (χ3n) is 7.91. The lowest BCUT2D eigenvalue weighted by Gasteiger charge is -2.30. The number of alkyl carbamates (subject to hydrolysis) is 1. The second-order valence-corrected chi connectivity index (χ2v) is 14.0. The molecule has 2 aliphatic heterocycles. The van der Waals surface area contributed by atoms with Crippen molar-refractivity contribution < 1.29 is 37.1 Å². The number of para-hydroxylation sites is 1. The van der Waals surface area contributed by atoms with Crippen molar-refractivity contribution >= 4 is 33.8 Å². The number of nitrogens with zero attached hydrogens (tertiary/aromatic N) is 1. The SMILES string of the molecule is COc1ccccc1S(=O)(=O)NC(=O)[C@@]12C[C@H]1/C=C\CCCCC[C@H](NC(=O)OC(C)(C)C)C(=O)N1CCCC1C(=O)N2. The summed E-state index contributed by atoms with van der Waals surface area (Å²) in [7, 11) is -2.99. The van der Waals surface area contributed by atoms with E-state index < -0.39 is 57.1 Å². The third kappa shape index (κ3) is 7.67. The van der Waals surface area contributed by atoms with Crippen LogP contribution in [0.5, 0.6) is 5.75 Å². The van der Waals surface area contributed by atoms with Crippen molar-refractivity contribution in [3.63, 3.8) is 0 Å². The van der Waals surface area contributed by atoms with E-state index in [1.807, 2.05) is 12.2 Å². The Hall–Kier alpha value is -3.61. The Morgan fingerprint density at radius 3 is 2.53 bits per heavy atom. The molecule has 1 saturated carbocycles. The Kier molecular flexibility index (Phi) is 9.73. The number of amides is 4. The molecule has 12 nitrogen and oxygen atoms in total. The number of allylic oxidation sites excluding steroid dienone is 1. The minimum Gasteiger partial charge on any atom is -0.495 e. The second-order valence-electron chi connectivity index (χ2n) is 12.3. The molecule has 0 aromatic heterocycles. The molecule has 236 valence electrons. The molecule has 4 atom stereocenters. The van der Waals surface area contributed by atoms with Crippen molar-refractivity contribution in [1.82, 2.24) is 20.3 Å². The molecule has 0 bridgehead atoms. The minimum absolute atomic E-state index is 0.0771. The summed E-state index contributed by atoms with van der Waals surface area (Å²) >= 11 is 0. The first kappa shape index (κ1) is 32.3. The van der Waals surface area contributed by atoms with Gasteiger partial charge in [0.2, 0.25) is 11.8 Å². The lowest BCUT2D eigenvalue weighted by atomic mass is 10.0. The van der Waals surface area contributed by atoms with Crippen molar-refractivity contribution in [2.75, 3.05) is 13.7 Å². The molecule has 43 heavy (non-hydrogen) atoms. The van der Waals surface area contributed by atoms with Crippen LogP contribution >= 0.6 is 0 Å². The number of nitrogens with one attached hydrogen (secondary N) is 3. The van der Waals surface area contributed by atoms with E-state index in [0.29, 0.717) is 38.6 Å². The van der Waals surface area contributed by atoms with Crippen molar-refractivity contribution in [2.45, 2.75) is 100 Å². The van der Waals surface area contributed by atoms with Crippen molar-refractivity contribution in [1.29, 1.82) is 0 Å². The third-order valence-corrected chi connectivity index (χ3v) is 9.28. The predicted octanol–water partition coefficient (Wildman–Crippen LogP) is 2.78. The number of sulfonamides is 1. The molecule has 13 heteroatoms. The lowest BCUT2D eigenvalue weighted by Crippen LogP contribution is -2.58. The molecular weight excluding hydrogens is 576 g/mol. The molecule has 0 radical (unpaired) electrons. The number of hydrogen-bond acceptors (Lipinski definition) is 8. The van der Waals surface area contributed by atoms with Gasteiger partial charge in [-0.2, -0.15) is 0 Å². The average molecular weight is 619 g/mol. The van der Waals surface area contributed by atoms with Gasteiger partial charge >= 0.3 is 6.09 Å². The summed E-state index contributed by atoms with van der Waals surface area (Å²) in [6.45, 7) is 5.52. The highest BCUT2D eigenvalue weighted by Gasteiger charge is 2.61. The maximum atomic E-state index is 13.7. The Labute approximate surface area is 253 Å². The fraction of sp³-hybridized carbons (Fsp3) is 0.600. The minimum atomic E-state index is -4.32. The Morgan fingerprint density at radius 1 is 1.07 bits per heavy atom. The summed E-state index contributed by atoms with van der Waals surface area (Å²) in [5.41, 5.74) is -2.24. The van der Waals surface area contributed by atoms with Crippen LogP contribution < -0.4 is 20.1 Å². The van der Waals surface area contributed by atoms with Crippen LogP contribution in [-0.4, -0.2) is 74.0 Å². The lowest BCUT2D eigenvalue weighted by molar-refractivity contribution is -0.141. The molecule has 0 spiro atoms. The van der Waals surface area contributed by atoms with E-state index in [4.69, 9.17) is 9.47 Å². The zero-order chi connectivity index (χ0) is 31.4. The van der Waals surface area contributed by atoms with E-state index >= 15 is 0 Å². The molecular formula is C30H42N4O8S. The van der Waals surface area contributed by atoms with Crippen LogP contribution in [0, 0.1) is 5.92 Å². The number of benzene rings is 1. The van der Waals surface area contributed by atoms with E-state index in [1.165, 1.54) is 30.2 Å². The van der Waals surface area contributed by atoms with Gasteiger partial charge in [-0.05, 0) is 71.4 Å². The quantitative estimate of drug-likeness (QED) is 0.425. The molecule has 2 fully saturated rings. The molecule has 1 aromatic carbocycles. The Balaban J connectivity index is 1.57. The van der Waals surface area contributed by atoms with Gasteiger partial charge in [-0.15, -0.1) is 0 Å². The molecule has 2 heterocycles. The smallest absolute Gasteiger partial charge is 0.408 e. The maximum absolute atomic E-state index is 13.7. The standard InChI is InChI=1S/C30H42N4O8S/c1-29(2,3)42-28(38)31-21-14-9-7-5-6-8-13-20-19-30(20,32-25(35)22-15-12-18-34(22)26(21)36)27(37)33-43(39,40)24-17-11-10-16-23(24)41-4/h8,10-11,13,16-17,20-22H,5-7,9,12,14-15,18-19H2,1-4H3,(H,31,38)(H,32,35)(H,33,37)/b13-8-/t20-,21+,22?,30-/m1/s1. The largest absolute Gasteiger partial charge is 0.495 e. The molecule has 4 rings (SSSR count). The van der Waals surface area contributed by atoms with Gasteiger partial charge in [0, 0.05) is 12.5 Å². The number of fused-ring (bicyclic) bond motifs is 2. The first-order valence-electron chi connectivity index (χ1n) is 14.8. The van der Waals surface area contributed by atoms with E-state index in [1.54, 1.807) is 26.8 Å². The molecule has 1 saturated heterocycles. The highest BCUT2D eigenvalue weighted by Crippen LogP contribution is 2.46. The highest BCUT2D eigenvalue weighted by atomic mass is 32.2. The number of hydrogen-bond donors (Lipinski definition) is 3. The Bertz CT molecular complexity index is 1370. The summed E-state index contributed by atoms with van der Waals surface area (Å²) in [4.78, 5) is 54.8. The van der Waals surface area contributed by atoms with E-state index in [-0.39, 0.29) is 23.0 Å². The first-order valence-corrected chi connectivity index (χ1v) is 16.2. The molecule has 1 unspecified atom stereocenters. The van der Waals surface area contributed by atoms with Gasteiger partial charge in [0.15, 0.2) is 0 Å². The van der Waals surface area contributed by atoms with Crippen LogP contribution in [0.3, 0.4) is 0 Å². The van der Waals surface area contributed by atoms with Crippen molar-refractivity contribution in [3.8, 4) is 5.75 Å². The zero-order valence-electron chi connectivity index (χ0n) is 25.2. The molecule has 1 aliphatic carbocycles. The monoisotopic (exact) mass is 618 g/mol. The number of ether oxygens (including phenoxy) is 2. The number of carbonyl (C=O) groups is 4. The summed E-state index contributed by atoms with van der Waals surface area (Å²) in [6, 6.07) is 4.19. The van der Waals surface area contributed by atoms with Crippen LogP contribution in [0.2, 0.25) is 0 Å². The number of rotatable bonds is 5. The maximum Gasteiger partial charge on any atom is 0.408 e. The van der Waals surface area contributed by atoms with Gasteiger partial charge in [0.05, 0.1) is 7.11 Å². The van der Waals surface area contributed by atoms with Gasteiger partial charge in [-0.3, -0.25) is 14.4 Å². The summed E-state index contributed by atoms with van der Waals surface area (Å²) in [5.74, 6) is -2.13. The van der Waals surface area contributed by atoms with Gasteiger partial charge in [0.1, 0.15) is 33.9 Å². The van der Waals surface area contributed by atoms with Crippen LogP contribution in [0.15, 0.2) is 41.3 Å². The molecule has 1 aromatic rings. The summed E-state index contributed by atoms with van der Waals surface area (Å²) in [6.07, 6.45) is 7.62. The number of carbonyl (C=O) groups excluding carboxylic acids is 4. The normalized spacial score (nSPS) is 27.3. The summed E-state index contributed by atoms with van der Waals surface area (Å²) < 4.78 is 39.1. The fourth-order valence-corrected chi connectivity index (χ4v) is 6.86. The average Bonchev–Trinajstić information content (AvgIpc) is 3.39. The molecule has 3 aliphatic rings. The van der Waals surface area contributed by atoms with Crippen LogP contribution in [0.25, 0.3) is 0 Å². The van der Waals surface area contributed by atoms with E-state index in [2.05, 4.69) is 15.4 Å². The first-order chi connectivity index (χ1) is 20.3. The topological polar surface area (TPSA) is 160 Å².